The normalized spacial score (nSPS) is 11.9. The lowest BCUT2D eigenvalue weighted by Crippen LogP contribution is -2.39. The number of nitrogens with one attached hydrogen (secondary N) is 1. The van der Waals surface area contributed by atoms with Crippen molar-refractivity contribution in [1.82, 2.24) is 29.4 Å². The fraction of sp³-hybridized carbons (Fsp3) is 0.389. The molecule has 0 aliphatic heterocycles. The number of aryl methyl sites for hydroxylation is 1. The molecule has 0 aliphatic carbocycles. The Bertz CT molecular complexity index is 896. The van der Waals surface area contributed by atoms with Crippen molar-refractivity contribution in [2.24, 2.45) is 12.0 Å². The van der Waals surface area contributed by atoms with Gasteiger partial charge in [-0.15, -0.1) is 10.2 Å². The summed E-state index contributed by atoms with van der Waals surface area (Å²) in [6.45, 7) is 4.34. The minimum Gasteiger partial charge on any atom is -0.357 e. The Morgan fingerprint density at radius 2 is 2.19 bits per heavy atom. The van der Waals surface area contributed by atoms with Gasteiger partial charge in [0.2, 0.25) is 0 Å². The van der Waals surface area contributed by atoms with Crippen LogP contribution < -0.4 is 5.32 Å². The van der Waals surface area contributed by atoms with Gasteiger partial charge < -0.3 is 14.8 Å². The van der Waals surface area contributed by atoms with Crippen LogP contribution in [0, 0.1) is 0 Å². The van der Waals surface area contributed by atoms with Gasteiger partial charge in [-0.25, -0.2) is 0 Å². The third-order valence-corrected chi connectivity index (χ3v) is 4.59. The summed E-state index contributed by atoms with van der Waals surface area (Å²) in [4.78, 5) is 6.89. The summed E-state index contributed by atoms with van der Waals surface area (Å²) in [6, 6.07) is 8.03. The van der Waals surface area contributed by atoms with Crippen molar-refractivity contribution < 1.29 is 0 Å². The van der Waals surface area contributed by atoms with E-state index in [0.29, 0.717) is 6.54 Å². The van der Waals surface area contributed by atoms with Crippen LogP contribution in [0.4, 0.5) is 0 Å². The number of hydrogen-bond donors (Lipinski definition) is 1. The van der Waals surface area contributed by atoms with Crippen molar-refractivity contribution in [3.05, 3.63) is 52.7 Å². The van der Waals surface area contributed by atoms with Gasteiger partial charge >= 0.3 is 0 Å². The fourth-order valence-corrected chi connectivity index (χ4v) is 3.41. The number of hydrogen-bond acceptors (Lipinski definition) is 3. The van der Waals surface area contributed by atoms with Gasteiger partial charge in [-0.2, -0.15) is 0 Å². The Labute approximate surface area is 161 Å². The van der Waals surface area contributed by atoms with Gasteiger partial charge in [0.1, 0.15) is 5.82 Å². The zero-order chi connectivity index (χ0) is 18.5. The second-order valence-corrected chi connectivity index (χ2v) is 7.06. The van der Waals surface area contributed by atoms with Crippen molar-refractivity contribution in [3.8, 4) is 0 Å². The highest BCUT2D eigenvalue weighted by Crippen LogP contribution is 2.15. The summed E-state index contributed by atoms with van der Waals surface area (Å²) in [6.07, 6.45) is 4.78. The largest absolute Gasteiger partial charge is 0.357 e. The average molecular weight is 418 g/mol. The van der Waals surface area contributed by atoms with Crippen LogP contribution in [0.2, 0.25) is 0 Å². The smallest absolute Gasteiger partial charge is 0.194 e. The maximum atomic E-state index is 4.76. The van der Waals surface area contributed by atoms with Crippen LogP contribution in [-0.4, -0.2) is 50.2 Å². The molecule has 8 heteroatoms. The van der Waals surface area contributed by atoms with Crippen LogP contribution in [0.15, 0.2) is 46.1 Å². The summed E-state index contributed by atoms with van der Waals surface area (Å²) in [5.74, 6) is 1.81. The predicted octanol–water partition coefficient (Wildman–Crippen LogP) is 2.47. The topological polar surface area (TPSA) is 62.8 Å². The van der Waals surface area contributed by atoms with E-state index in [1.54, 1.807) is 0 Å². The molecule has 0 aliphatic rings. The lowest BCUT2D eigenvalue weighted by Gasteiger charge is -2.22. The zero-order valence-electron chi connectivity index (χ0n) is 15.4. The van der Waals surface area contributed by atoms with Gasteiger partial charge in [0.25, 0.3) is 0 Å². The summed E-state index contributed by atoms with van der Waals surface area (Å²) >= 11 is 3.52. The van der Waals surface area contributed by atoms with E-state index in [1.807, 2.05) is 28.8 Å². The molecule has 1 N–H and O–H groups in total. The van der Waals surface area contributed by atoms with E-state index in [-0.39, 0.29) is 0 Å². The molecule has 0 spiro atoms. The molecule has 7 nitrogen and oxygen atoms in total. The van der Waals surface area contributed by atoms with Crippen molar-refractivity contribution in [2.45, 2.75) is 19.9 Å². The third kappa shape index (κ3) is 4.24. The highest BCUT2D eigenvalue weighted by atomic mass is 79.9. The maximum Gasteiger partial charge on any atom is 0.194 e. The lowest BCUT2D eigenvalue weighted by atomic mass is 10.4. The van der Waals surface area contributed by atoms with E-state index in [0.717, 1.165) is 41.4 Å². The van der Waals surface area contributed by atoms with Gasteiger partial charge in [-0.1, -0.05) is 6.07 Å². The van der Waals surface area contributed by atoms with E-state index < -0.39 is 0 Å². The number of fused-ring (bicyclic) bond motifs is 1. The zero-order valence-corrected chi connectivity index (χ0v) is 16.9. The summed E-state index contributed by atoms with van der Waals surface area (Å²) in [7, 11) is 4.10. The van der Waals surface area contributed by atoms with Crippen LogP contribution >= 0.6 is 15.9 Å². The number of pyridine rings is 1. The predicted molar refractivity (Wildman–Crippen MR) is 107 cm³/mol. The van der Waals surface area contributed by atoms with Crippen LogP contribution in [0.1, 0.15) is 18.4 Å². The first-order chi connectivity index (χ1) is 12.6. The van der Waals surface area contributed by atoms with Crippen molar-refractivity contribution in [1.29, 1.82) is 0 Å². The minimum absolute atomic E-state index is 0.652. The third-order valence-electron chi connectivity index (χ3n) is 4.15. The SMILES string of the molecule is CCNC(=NCCc1nnc2ccccn12)N(C)Cc1cc(Br)cn1C. The number of guanidine groups is 1. The van der Waals surface area contributed by atoms with Crippen LogP contribution in [0.5, 0.6) is 0 Å². The number of rotatable bonds is 6. The van der Waals surface area contributed by atoms with Crippen LogP contribution in [-0.2, 0) is 20.0 Å². The monoisotopic (exact) mass is 417 g/mol. The van der Waals surface area contributed by atoms with Crippen molar-refractivity contribution in [2.75, 3.05) is 20.1 Å². The Kier molecular flexibility index (Phi) is 5.92. The molecule has 0 saturated carbocycles. The number of halogens is 1. The van der Waals surface area contributed by atoms with Gasteiger partial charge in [-0.3, -0.25) is 9.39 Å². The standard InChI is InChI=1S/C18H24BrN7/c1-4-20-18(25(3)13-15-11-14(19)12-24(15)2)21-9-8-17-23-22-16-7-5-6-10-26(16)17/h5-7,10-12H,4,8-9,13H2,1-3H3,(H,20,21). The first kappa shape index (κ1) is 18.4. The molecule has 0 fully saturated rings. The fourth-order valence-electron chi connectivity index (χ4n) is 2.83. The Hall–Kier alpha value is -2.35. The number of aliphatic imine (C=N–C) groups is 1. The maximum absolute atomic E-state index is 4.76. The van der Waals surface area contributed by atoms with Crippen LogP contribution in [0.3, 0.4) is 0 Å². The van der Waals surface area contributed by atoms with Gasteiger partial charge in [0.05, 0.1) is 6.54 Å². The Morgan fingerprint density at radius 1 is 1.35 bits per heavy atom. The summed E-state index contributed by atoms with van der Waals surface area (Å²) < 4.78 is 5.21. The van der Waals surface area contributed by atoms with E-state index in [1.165, 1.54) is 5.69 Å². The van der Waals surface area contributed by atoms with E-state index in [9.17, 15) is 0 Å². The molecule has 0 saturated heterocycles. The first-order valence-corrected chi connectivity index (χ1v) is 9.46. The molecule has 3 aromatic heterocycles. The van der Waals surface area contributed by atoms with Gasteiger partial charge in [0.15, 0.2) is 11.6 Å². The molecule has 0 radical (unpaired) electrons. The van der Waals surface area contributed by atoms with Crippen molar-refractivity contribution >= 4 is 27.5 Å². The Balaban J connectivity index is 1.67. The summed E-state index contributed by atoms with van der Waals surface area (Å²) in [5, 5.41) is 11.8. The molecule has 3 heterocycles. The van der Waals surface area contributed by atoms with Gasteiger partial charge in [-0.05, 0) is 41.1 Å². The molecular weight excluding hydrogens is 394 g/mol. The van der Waals surface area contributed by atoms with E-state index >= 15 is 0 Å². The highest BCUT2D eigenvalue weighted by molar-refractivity contribution is 9.10. The summed E-state index contributed by atoms with van der Waals surface area (Å²) in [5.41, 5.74) is 2.08. The van der Waals surface area contributed by atoms with Gasteiger partial charge in [0, 0.05) is 56.2 Å². The van der Waals surface area contributed by atoms with E-state index in [4.69, 9.17) is 4.99 Å². The first-order valence-electron chi connectivity index (χ1n) is 8.67. The molecule has 0 aromatic carbocycles. The average Bonchev–Trinajstić information content (AvgIpc) is 3.17. The van der Waals surface area contributed by atoms with Crippen LogP contribution in [0.25, 0.3) is 5.65 Å². The second-order valence-electron chi connectivity index (χ2n) is 6.15. The van der Waals surface area contributed by atoms with E-state index in [2.05, 4.69) is 74.2 Å². The number of nitrogens with zero attached hydrogens (tertiary/aromatic N) is 6. The number of aromatic nitrogens is 4. The molecule has 0 atom stereocenters. The Morgan fingerprint density at radius 3 is 2.92 bits per heavy atom. The molecular formula is C18H24BrN7. The molecule has 3 aromatic rings. The second kappa shape index (κ2) is 8.35. The molecule has 3 rings (SSSR count). The lowest BCUT2D eigenvalue weighted by molar-refractivity contribution is 0.462. The molecule has 0 bridgehead atoms. The highest BCUT2D eigenvalue weighted by Gasteiger charge is 2.10. The quantitative estimate of drug-likeness (QED) is 0.494. The molecule has 26 heavy (non-hydrogen) atoms. The molecule has 0 unspecified atom stereocenters. The van der Waals surface area contributed by atoms with Crippen molar-refractivity contribution in [3.63, 3.8) is 0 Å². The molecule has 138 valence electrons. The minimum atomic E-state index is 0.652. The molecule has 0 amide bonds.